The van der Waals surface area contributed by atoms with Crippen molar-refractivity contribution in [3.63, 3.8) is 0 Å². The van der Waals surface area contributed by atoms with Gasteiger partial charge in [0, 0.05) is 10.6 Å². The molecule has 9 heteroatoms. The molecule has 7 nitrogen and oxygen atoms in total. The van der Waals surface area contributed by atoms with Crippen LogP contribution in [0.15, 0.2) is 76.3 Å². The van der Waals surface area contributed by atoms with Gasteiger partial charge >= 0.3 is 0 Å². The zero-order valence-corrected chi connectivity index (χ0v) is 15.8. The molecule has 2 aromatic carbocycles. The standard InChI is InChI=1S/C19H12ClN5O2S/c20-14-8-6-12(7-9-14)10-15-18(27)25(24-16(26)11-21-23-19(24)28)17(22-15)13-4-2-1-3-5-13/h1-11H,(H,23,28)/b15-10+. The maximum absolute atomic E-state index is 13.1. The molecule has 0 radical (unpaired) electrons. The lowest BCUT2D eigenvalue weighted by atomic mass is 10.2. The monoisotopic (exact) mass is 409 g/mol. The Morgan fingerprint density at radius 2 is 1.75 bits per heavy atom. The summed E-state index contributed by atoms with van der Waals surface area (Å²) in [6, 6.07) is 16.1. The predicted molar refractivity (Wildman–Crippen MR) is 109 cm³/mol. The highest BCUT2D eigenvalue weighted by atomic mass is 35.5. The molecule has 0 bridgehead atoms. The number of carbonyl (C=O) groups excluding carboxylic acids is 1. The lowest BCUT2D eigenvalue weighted by Gasteiger charge is -2.19. The quantitative estimate of drug-likeness (QED) is 0.532. The first-order valence-electron chi connectivity index (χ1n) is 8.17. The van der Waals surface area contributed by atoms with Gasteiger partial charge in [0.05, 0.1) is 0 Å². The van der Waals surface area contributed by atoms with Crippen LogP contribution in [-0.4, -0.2) is 26.6 Å². The summed E-state index contributed by atoms with van der Waals surface area (Å²) < 4.78 is 1.02. The van der Waals surface area contributed by atoms with Crippen LogP contribution in [0, 0.1) is 4.77 Å². The van der Waals surface area contributed by atoms with Crippen molar-refractivity contribution in [1.82, 2.24) is 14.9 Å². The molecule has 2 heterocycles. The van der Waals surface area contributed by atoms with Crippen molar-refractivity contribution in [2.24, 2.45) is 4.99 Å². The number of halogens is 1. The first-order chi connectivity index (χ1) is 13.5. The van der Waals surface area contributed by atoms with E-state index in [1.807, 2.05) is 18.2 Å². The number of carbonyl (C=O) groups is 1. The van der Waals surface area contributed by atoms with Crippen LogP contribution in [0.5, 0.6) is 0 Å². The van der Waals surface area contributed by atoms with Crippen LogP contribution in [0.3, 0.4) is 0 Å². The minimum absolute atomic E-state index is 0.0165. The fourth-order valence-corrected chi connectivity index (χ4v) is 3.07. The third kappa shape index (κ3) is 3.30. The molecule has 1 N–H and O–H groups in total. The van der Waals surface area contributed by atoms with Gasteiger partial charge in [0.15, 0.2) is 5.84 Å². The Balaban J connectivity index is 1.89. The topological polar surface area (TPSA) is 83.3 Å². The number of benzene rings is 2. The third-order valence-electron chi connectivity index (χ3n) is 3.98. The summed E-state index contributed by atoms with van der Waals surface area (Å²) in [6.45, 7) is 0. The summed E-state index contributed by atoms with van der Waals surface area (Å²) in [5, 5.41) is 7.93. The first kappa shape index (κ1) is 18.0. The van der Waals surface area contributed by atoms with Crippen molar-refractivity contribution in [2.75, 3.05) is 5.01 Å². The van der Waals surface area contributed by atoms with E-state index in [4.69, 9.17) is 23.8 Å². The zero-order valence-electron chi connectivity index (χ0n) is 14.2. The average molecular weight is 410 g/mol. The van der Waals surface area contributed by atoms with Crippen molar-refractivity contribution >= 4 is 41.6 Å². The summed E-state index contributed by atoms with van der Waals surface area (Å²) in [6.07, 6.45) is 2.67. The van der Waals surface area contributed by atoms with E-state index in [1.54, 1.807) is 42.5 Å². The summed E-state index contributed by atoms with van der Waals surface area (Å²) >= 11 is 11.1. The molecule has 0 unspecified atom stereocenters. The number of amides is 1. The summed E-state index contributed by atoms with van der Waals surface area (Å²) in [4.78, 5) is 30.0. The Hall–Kier alpha value is -3.36. The average Bonchev–Trinajstić information content (AvgIpc) is 3.01. The second-order valence-electron chi connectivity index (χ2n) is 5.82. The van der Waals surface area contributed by atoms with Gasteiger partial charge in [-0.2, -0.15) is 14.8 Å². The highest BCUT2D eigenvalue weighted by molar-refractivity contribution is 7.71. The number of nitrogens with zero attached hydrogens (tertiary/aromatic N) is 4. The van der Waals surface area contributed by atoms with Gasteiger partial charge in [-0.25, -0.2) is 4.99 Å². The number of nitrogens with one attached hydrogen (secondary N) is 1. The molecule has 0 aliphatic carbocycles. The third-order valence-corrected chi connectivity index (χ3v) is 4.50. The largest absolute Gasteiger partial charge is 0.297 e. The lowest BCUT2D eigenvalue weighted by molar-refractivity contribution is -0.115. The molecule has 0 atom stereocenters. The predicted octanol–water partition coefficient (Wildman–Crippen LogP) is 2.92. The number of rotatable bonds is 3. The minimum Gasteiger partial charge on any atom is -0.266 e. The zero-order chi connectivity index (χ0) is 19.7. The molecule has 138 valence electrons. The molecule has 1 aliphatic rings. The van der Waals surface area contributed by atoms with Crippen molar-refractivity contribution in [2.45, 2.75) is 0 Å². The molecule has 3 aromatic rings. The van der Waals surface area contributed by atoms with Gasteiger partial charge in [-0.1, -0.05) is 54.1 Å². The Morgan fingerprint density at radius 3 is 2.43 bits per heavy atom. The molecule has 28 heavy (non-hydrogen) atoms. The summed E-state index contributed by atoms with van der Waals surface area (Å²) in [5.41, 5.74) is 1.03. The second-order valence-corrected chi connectivity index (χ2v) is 6.65. The van der Waals surface area contributed by atoms with Gasteiger partial charge in [-0.05, 0) is 36.0 Å². The molecule has 1 aliphatic heterocycles. The SMILES string of the molecule is O=C1/C(=C\c2ccc(Cl)cc2)N=C(c2ccccc2)N1n1c(=O)cn[nH]c1=S. The van der Waals surface area contributed by atoms with Gasteiger partial charge in [0.25, 0.3) is 11.5 Å². The number of hydrogen-bond donors (Lipinski definition) is 1. The normalized spacial score (nSPS) is 15.2. The molecular formula is C19H12ClN5O2S. The minimum atomic E-state index is -0.548. The molecule has 1 amide bonds. The summed E-state index contributed by atoms with van der Waals surface area (Å²) in [7, 11) is 0. The van der Waals surface area contributed by atoms with Crippen LogP contribution in [0.4, 0.5) is 0 Å². The number of aromatic amines is 1. The second kappa shape index (κ2) is 7.34. The Kier molecular flexibility index (Phi) is 4.72. The van der Waals surface area contributed by atoms with E-state index >= 15 is 0 Å². The van der Waals surface area contributed by atoms with Gasteiger partial charge in [0.1, 0.15) is 11.9 Å². The number of H-pyrrole nitrogens is 1. The maximum atomic E-state index is 13.1. The van der Waals surface area contributed by atoms with Crippen LogP contribution < -0.4 is 10.6 Å². The molecule has 1 aromatic heterocycles. The number of amidine groups is 1. The van der Waals surface area contributed by atoms with Crippen LogP contribution >= 0.6 is 23.8 Å². The smallest absolute Gasteiger partial charge is 0.266 e. The van der Waals surface area contributed by atoms with Crippen LogP contribution in [0.25, 0.3) is 6.08 Å². The van der Waals surface area contributed by atoms with Crippen molar-refractivity contribution in [3.05, 3.63) is 97.8 Å². The highest BCUT2D eigenvalue weighted by Crippen LogP contribution is 2.21. The molecule has 0 saturated heterocycles. The molecule has 0 spiro atoms. The van der Waals surface area contributed by atoms with E-state index in [2.05, 4.69) is 15.2 Å². The Labute approximate surface area is 169 Å². The van der Waals surface area contributed by atoms with Gasteiger partial charge in [-0.3, -0.25) is 14.7 Å². The fourth-order valence-electron chi connectivity index (χ4n) is 2.72. The lowest BCUT2D eigenvalue weighted by Crippen LogP contribution is -2.48. The van der Waals surface area contributed by atoms with Gasteiger partial charge in [-0.15, -0.1) is 0 Å². The van der Waals surface area contributed by atoms with Crippen molar-refractivity contribution in [3.8, 4) is 0 Å². The molecular weight excluding hydrogens is 398 g/mol. The van der Waals surface area contributed by atoms with E-state index in [-0.39, 0.29) is 10.5 Å². The Bertz CT molecular complexity index is 1200. The van der Waals surface area contributed by atoms with Crippen LogP contribution in [0.1, 0.15) is 11.1 Å². The van der Waals surface area contributed by atoms with Crippen molar-refractivity contribution in [1.29, 1.82) is 0 Å². The van der Waals surface area contributed by atoms with E-state index in [0.717, 1.165) is 21.4 Å². The van der Waals surface area contributed by atoms with Crippen molar-refractivity contribution < 1.29 is 4.79 Å². The number of aromatic nitrogens is 3. The summed E-state index contributed by atoms with van der Waals surface area (Å²) in [5.74, 6) is -0.194. The van der Waals surface area contributed by atoms with Crippen LogP contribution in [0.2, 0.25) is 5.02 Å². The molecule has 4 rings (SSSR count). The fraction of sp³-hybridized carbons (Fsp3) is 0. The Morgan fingerprint density at radius 1 is 1.04 bits per heavy atom. The van der Waals surface area contributed by atoms with Crippen LogP contribution in [-0.2, 0) is 4.79 Å². The molecule has 0 fully saturated rings. The number of hydrogen-bond acceptors (Lipinski definition) is 5. The van der Waals surface area contributed by atoms with E-state index < -0.39 is 11.5 Å². The molecule has 0 saturated carbocycles. The maximum Gasteiger partial charge on any atom is 0.297 e. The first-order valence-corrected chi connectivity index (χ1v) is 8.96. The number of aliphatic imine (C=N–C) groups is 1. The van der Waals surface area contributed by atoms with E-state index in [0.29, 0.717) is 16.4 Å². The van der Waals surface area contributed by atoms with Gasteiger partial charge < -0.3 is 0 Å². The van der Waals surface area contributed by atoms with E-state index in [9.17, 15) is 9.59 Å². The van der Waals surface area contributed by atoms with Gasteiger partial charge in [0.2, 0.25) is 4.77 Å². The van der Waals surface area contributed by atoms with E-state index in [1.165, 1.54) is 0 Å². The highest BCUT2D eigenvalue weighted by Gasteiger charge is 2.34.